The number of carbonyl (C=O) groups excluding carboxylic acids is 2. The SMILES string of the molecule is CC(=O)N(C)[C@H]1CC[C@H](CC(=O)Nc2cnc(-c3ccc([C@]4(N)C[C@](C)(O)C4)cc3)c(-c3ccccc3)c2)CC1. The van der Waals surface area contributed by atoms with Crippen molar-refractivity contribution in [1.82, 2.24) is 9.88 Å². The summed E-state index contributed by atoms with van der Waals surface area (Å²) < 4.78 is 0. The van der Waals surface area contributed by atoms with E-state index in [2.05, 4.69) is 5.32 Å². The maximum Gasteiger partial charge on any atom is 0.224 e. The van der Waals surface area contributed by atoms with E-state index >= 15 is 0 Å². The van der Waals surface area contributed by atoms with E-state index in [4.69, 9.17) is 10.7 Å². The molecule has 5 rings (SSSR count). The molecular weight excluding hydrogens is 500 g/mol. The molecule has 7 heteroatoms. The summed E-state index contributed by atoms with van der Waals surface area (Å²) in [5, 5.41) is 13.3. The van der Waals surface area contributed by atoms with Crippen molar-refractivity contribution in [2.45, 2.75) is 76.0 Å². The number of rotatable bonds is 7. The Bertz CT molecular complexity index is 1350. The van der Waals surface area contributed by atoms with Crippen LogP contribution in [0.25, 0.3) is 22.4 Å². The Morgan fingerprint density at radius 1 is 1.02 bits per heavy atom. The van der Waals surface area contributed by atoms with Gasteiger partial charge in [-0.1, -0.05) is 54.6 Å². The van der Waals surface area contributed by atoms with Gasteiger partial charge in [-0.2, -0.15) is 0 Å². The number of anilines is 1. The van der Waals surface area contributed by atoms with Gasteiger partial charge >= 0.3 is 0 Å². The summed E-state index contributed by atoms with van der Waals surface area (Å²) in [5.41, 5.74) is 10.8. The zero-order valence-corrected chi connectivity index (χ0v) is 23.7. The predicted molar refractivity (Wildman–Crippen MR) is 158 cm³/mol. The Balaban J connectivity index is 1.30. The van der Waals surface area contributed by atoms with E-state index in [9.17, 15) is 14.7 Å². The quantitative estimate of drug-likeness (QED) is 0.368. The molecule has 1 aromatic heterocycles. The molecule has 0 radical (unpaired) electrons. The number of pyridine rings is 1. The largest absolute Gasteiger partial charge is 0.390 e. The summed E-state index contributed by atoms with van der Waals surface area (Å²) >= 11 is 0. The molecule has 0 bridgehead atoms. The lowest BCUT2D eigenvalue weighted by Crippen LogP contribution is -2.58. The van der Waals surface area contributed by atoms with Gasteiger partial charge in [0.1, 0.15) is 0 Å². The van der Waals surface area contributed by atoms with E-state index in [-0.39, 0.29) is 17.9 Å². The van der Waals surface area contributed by atoms with Crippen LogP contribution in [0.2, 0.25) is 0 Å². The summed E-state index contributed by atoms with van der Waals surface area (Å²) in [6.45, 7) is 3.43. The molecule has 0 atom stereocenters. The monoisotopic (exact) mass is 540 g/mol. The number of amides is 2. The predicted octanol–water partition coefficient (Wildman–Crippen LogP) is 5.48. The molecule has 210 valence electrons. The van der Waals surface area contributed by atoms with Crippen molar-refractivity contribution in [3.05, 3.63) is 72.4 Å². The maximum absolute atomic E-state index is 13.0. The minimum absolute atomic E-state index is 0.00841. The molecule has 2 aromatic carbocycles. The number of nitrogens with zero attached hydrogens (tertiary/aromatic N) is 2. The molecule has 7 nitrogen and oxygen atoms in total. The van der Waals surface area contributed by atoms with Crippen LogP contribution in [0.1, 0.15) is 64.4 Å². The lowest BCUT2D eigenvalue weighted by Gasteiger charge is -2.49. The van der Waals surface area contributed by atoms with Gasteiger partial charge in [0.15, 0.2) is 0 Å². The molecule has 0 spiro atoms. The first-order chi connectivity index (χ1) is 19.0. The van der Waals surface area contributed by atoms with Crippen LogP contribution in [0, 0.1) is 5.92 Å². The van der Waals surface area contributed by atoms with Crippen molar-refractivity contribution >= 4 is 17.5 Å². The van der Waals surface area contributed by atoms with Gasteiger partial charge < -0.3 is 21.1 Å². The summed E-state index contributed by atoms with van der Waals surface area (Å²) in [5.74, 6) is 0.408. The third-order valence-corrected chi connectivity index (χ3v) is 8.72. The number of nitrogens with two attached hydrogens (primary N) is 1. The van der Waals surface area contributed by atoms with E-state index in [1.165, 1.54) is 0 Å². The van der Waals surface area contributed by atoms with Gasteiger partial charge in [-0.25, -0.2) is 0 Å². The maximum atomic E-state index is 13.0. The highest BCUT2D eigenvalue weighted by atomic mass is 16.3. The third kappa shape index (κ3) is 6.11. The van der Waals surface area contributed by atoms with Gasteiger partial charge in [-0.15, -0.1) is 0 Å². The van der Waals surface area contributed by atoms with Gasteiger partial charge in [-0.05, 0) is 68.6 Å². The average molecular weight is 541 g/mol. The minimum Gasteiger partial charge on any atom is -0.390 e. The Kier molecular flexibility index (Phi) is 7.80. The number of hydrogen-bond acceptors (Lipinski definition) is 5. The topological polar surface area (TPSA) is 109 Å². The standard InChI is InChI=1S/C33H40N4O3/c1-22(38)37(3)28-15-9-23(10-16-28)17-30(39)36-27-18-29(24-7-5-4-6-8-24)31(35-19-27)25-11-13-26(14-12-25)33(34)20-32(2,40)21-33/h4-8,11-14,18-19,23,28,40H,9-10,15-17,20-21,34H2,1-3H3,(H,36,39)/t23-,28-,32-,33-. The van der Waals surface area contributed by atoms with Gasteiger partial charge in [0.2, 0.25) is 11.8 Å². The summed E-state index contributed by atoms with van der Waals surface area (Å²) in [7, 11) is 1.86. The molecule has 1 heterocycles. The molecule has 4 N–H and O–H groups in total. The fraction of sp³-hybridized carbons (Fsp3) is 0.424. The number of aromatic nitrogens is 1. The Morgan fingerprint density at radius 3 is 2.27 bits per heavy atom. The van der Waals surface area contributed by atoms with Gasteiger partial charge in [-0.3, -0.25) is 14.6 Å². The van der Waals surface area contributed by atoms with E-state index in [1.54, 1.807) is 13.1 Å². The fourth-order valence-electron chi connectivity index (χ4n) is 6.54. The summed E-state index contributed by atoms with van der Waals surface area (Å²) in [4.78, 5) is 31.3. The van der Waals surface area contributed by atoms with Gasteiger partial charge in [0.05, 0.1) is 23.2 Å². The van der Waals surface area contributed by atoms with Crippen LogP contribution in [0.15, 0.2) is 66.9 Å². The Labute approximate surface area is 236 Å². The molecule has 3 aromatic rings. The number of nitrogens with one attached hydrogen (secondary N) is 1. The zero-order chi connectivity index (χ0) is 28.5. The van der Waals surface area contributed by atoms with E-state index in [0.29, 0.717) is 30.9 Å². The molecular formula is C33H40N4O3. The lowest BCUT2D eigenvalue weighted by atomic mass is 9.63. The van der Waals surface area contributed by atoms with Crippen molar-refractivity contribution in [2.24, 2.45) is 11.7 Å². The normalized spacial score (nSPS) is 26.0. The number of benzene rings is 2. The van der Waals surface area contributed by atoms with Crippen LogP contribution < -0.4 is 11.1 Å². The summed E-state index contributed by atoms with van der Waals surface area (Å²) in [6.07, 6.45) is 7.03. The molecule has 2 aliphatic rings. The lowest BCUT2D eigenvalue weighted by molar-refractivity contribution is -0.130. The highest BCUT2D eigenvalue weighted by molar-refractivity contribution is 5.93. The first-order valence-electron chi connectivity index (χ1n) is 14.2. The first kappa shape index (κ1) is 28.0. The number of hydrogen-bond donors (Lipinski definition) is 3. The summed E-state index contributed by atoms with van der Waals surface area (Å²) in [6, 6.07) is 20.4. The van der Waals surface area contributed by atoms with Crippen LogP contribution in [0.3, 0.4) is 0 Å². The van der Waals surface area contributed by atoms with Crippen LogP contribution in [-0.2, 0) is 15.1 Å². The molecule has 2 aliphatic carbocycles. The van der Waals surface area contributed by atoms with E-state index < -0.39 is 11.1 Å². The molecule has 2 fully saturated rings. The zero-order valence-electron chi connectivity index (χ0n) is 23.7. The van der Waals surface area contributed by atoms with Crippen LogP contribution >= 0.6 is 0 Å². The second kappa shape index (κ2) is 11.1. The Hall–Kier alpha value is -3.55. The second-order valence-electron chi connectivity index (χ2n) is 12.1. The smallest absolute Gasteiger partial charge is 0.224 e. The first-order valence-corrected chi connectivity index (χ1v) is 14.2. The van der Waals surface area contributed by atoms with E-state index in [1.807, 2.05) is 79.5 Å². The molecule has 0 unspecified atom stereocenters. The highest BCUT2D eigenvalue weighted by Crippen LogP contribution is 2.46. The van der Waals surface area contributed by atoms with Gasteiger partial charge in [0, 0.05) is 43.1 Å². The van der Waals surface area contributed by atoms with Crippen molar-refractivity contribution in [2.75, 3.05) is 12.4 Å². The number of carbonyl (C=O) groups is 2. The second-order valence-corrected chi connectivity index (χ2v) is 12.1. The van der Waals surface area contributed by atoms with Crippen molar-refractivity contribution < 1.29 is 14.7 Å². The van der Waals surface area contributed by atoms with Crippen LogP contribution in [-0.4, -0.2) is 45.5 Å². The number of aliphatic hydroxyl groups is 1. The average Bonchev–Trinajstić information content (AvgIpc) is 2.92. The molecule has 0 aliphatic heterocycles. The molecule has 2 amide bonds. The molecule has 40 heavy (non-hydrogen) atoms. The molecule has 2 saturated carbocycles. The van der Waals surface area contributed by atoms with Crippen molar-refractivity contribution in [1.29, 1.82) is 0 Å². The van der Waals surface area contributed by atoms with E-state index in [0.717, 1.165) is 53.6 Å². The van der Waals surface area contributed by atoms with Gasteiger partial charge in [0.25, 0.3) is 0 Å². The van der Waals surface area contributed by atoms with Crippen molar-refractivity contribution in [3.63, 3.8) is 0 Å². The minimum atomic E-state index is -0.707. The van der Waals surface area contributed by atoms with Crippen LogP contribution in [0.4, 0.5) is 5.69 Å². The molecule has 0 saturated heterocycles. The van der Waals surface area contributed by atoms with Crippen LogP contribution in [0.5, 0.6) is 0 Å². The van der Waals surface area contributed by atoms with Crippen molar-refractivity contribution in [3.8, 4) is 22.4 Å². The fourth-order valence-corrected chi connectivity index (χ4v) is 6.54. The highest BCUT2D eigenvalue weighted by Gasteiger charge is 2.49. The third-order valence-electron chi connectivity index (χ3n) is 8.72. The Morgan fingerprint density at radius 2 is 1.68 bits per heavy atom.